The third kappa shape index (κ3) is 3.73. The molecule has 0 fully saturated rings. The number of hydrogen-bond acceptors (Lipinski definition) is 1. The van der Waals surface area contributed by atoms with Crippen molar-refractivity contribution in [2.75, 3.05) is 0 Å². The summed E-state index contributed by atoms with van der Waals surface area (Å²) in [4.78, 5) is 0. The molecule has 0 aliphatic rings. The third-order valence-electron chi connectivity index (χ3n) is 1.33. The monoisotopic (exact) mass is 384 g/mol. The zero-order valence-electron chi connectivity index (χ0n) is 7.44. The first-order valence-electron chi connectivity index (χ1n) is 3.43. The minimum atomic E-state index is -6.46. The fourth-order valence-electron chi connectivity index (χ4n) is 0.511. The van der Waals surface area contributed by atoms with Crippen molar-refractivity contribution < 1.29 is 35.5 Å². The van der Waals surface area contributed by atoms with E-state index in [1.807, 2.05) is 0 Å². The van der Waals surface area contributed by atoms with Crippen molar-refractivity contribution in [3.63, 3.8) is 0 Å². The summed E-state index contributed by atoms with van der Waals surface area (Å²) in [5.41, 5.74) is 0. The zero-order chi connectivity index (χ0) is 15.2. The Bertz CT molecular complexity index is 291. The quantitative estimate of drug-likeness (QED) is 0.473. The van der Waals surface area contributed by atoms with Crippen molar-refractivity contribution >= 4 is 58.0 Å². The molecule has 0 aromatic carbocycles. The van der Waals surface area contributed by atoms with Crippen molar-refractivity contribution in [2.45, 2.75) is 26.5 Å². The van der Waals surface area contributed by atoms with E-state index in [1.165, 1.54) is 0 Å². The van der Waals surface area contributed by atoms with Gasteiger partial charge in [-0.2, -0.15) is 30.7 Å². The first kappa shape index (κ1) is 18.9. The highest BCUT2D eigenvalue weighted by Gasteiger charge is 2.76. The van der Waals surface area contributed by atoms with Crippen LogP contribution in [0.4, 0.5) is 30.7 Å². The number of rotatable bonds is 3. The van der Waals surface area contributed by atoms with Gasteiger partial charge in [-0.3, -0.25) is 4.74 Å². The van der Waals surface area contributed by atoms with E-state index in [0.29, 0.717) is 0 Å². The van der Waals surface area contributed by atoms with Gasteiger partial charge in [-0.05, 0) is 23.2 Å². The van der Waals surface area contributed by atoms with Crippen molar-refractivity contribution in [1.82, 2.24) is 0 Å². The molecule has 0 radical (unpaired) electrons. The van der Waals surface area contributed by atoms with Crippen LogP contribution in [-0.2, 0) is 4.74 Å². The normalized spacial score (nSPS) is 21.3. The molecule has 0 spiro atoms. The van der Waals surface area contributed by atoms with E-state index < -0.39 is 26.5 Å². The Labute approximate surface area is 120 Å². The molecule has 2 unspecified atom stereocenters. The van der Waals surface area contributed by atoms with E-state index in [9.17, 15) is 30.7 Å². The Balaban J connectivity index is 5.58. The molecule has 13 heteroatoms. The largest absolute Gasteiger partial charge is 0.456 e. The van der Waals surface area contributed by atoms with E-state index in [2.05, 4.69) is 27.9 Å². The minimum Gasteiger partial charge on any atom is -0.279 e. The van der Waals surface area contributed by atoms with Crippen LogP contribution in [0, 0.1) is 0 Å². The number of ether oxygens (including phenoxy) is 1. The molecule has 0 saturated heterocycles. The summed E-state index contributed by atoms with van der Waals surface area (Å²) >= 11 is 22.5. The number of alkyl halides is 12. The summed E-state index contributed by atoms with van der Waals surface area (Å²) in [7, 11) is 0. The lowest BCUT2D eigenvalue weighted by Crippen LogP contribution is -2.59. The fraction of sp³-hybridized carbons (Fsp3) is 1.00. The SMILES string of the molecule is FC(F)(F)C(F)(OC(F)(Cl)C(Cl)(Cl)Cl)C(F)(F)Cl. The highest BCUT2D eigenvalue weighted by Crippen LogP contribution is 2.55. The average molecular weight is 386 g/mol. The molecule has 0 aromatic heterocycles. The number of halogens is 12. The lowest BCUT2D eigenvalue weighted by molar-refractivity contribution is -0.408. The van der Waals surface area contributed by atoms with Gasteiger partial charge in [0.1, 0.15) is 0 Å². The first-order valence-corrected chi connectivity index (χ1v) is 5.32. The van der Waals surface area contributed by atoms with Gasteiger partial charge in [-0.15, -0.1) is 0 Å². The molecule has 2 atom stereocenters. The smallest absolute Gasteiger partial charge is 0.279 e. The van der Waals surface area contributed by atoms with E-state index in [-0.39, 0.29) is 0 Å². The van der Waals surface area contributed by atoms with Crippen molar-refractivity contribution in [3.05, 3.63) is 0 Å². The molecular weight excluding hydrogens is 386 g/mol. The van der Waals surface area contributed by atoms with E-state index in [4.69, 9.17) is 34.8 Å². The maximum Gasteiger partial charge on any atom is 0.456 e. The molecule has 0 heterocycles. The van der Waals surface area contributed by atoms with E-state index in [0.717, 1.165) is 0 Å². The Morgan fingerprint density at radius 1 is 0.667 bits per heavy atom. The lowest BCUT2D eigenvalue weighted by Gasteiger charge is -2.36. The van der Waals surface area contributed by atoms with Gasteiger partial charge in [0, 0.05) is 0 Å². The van der Waals surface area contributed by atoms with Crippen LogP contribution >= 0.6 is 58.0 Å². The molecule has 0 saturated carbocycles. The average Bonchev–Trinajstić information content (AvgIpc) is 1.95. The molecule has 0 aliphatic carbocycles. The lowest BCUT2D eigenvalue weighted by atomic mass is 10.3. The molecule has 0 bridgehead atoms. The fourth-order valence-corrected chi connectivity index (χ4v) is 0.879. The van der Waals surface area contributed by atoms with Crippen LogP contribution in [0.15, 0.2) is 0 Å². The predicted molar refractivity (Wildman–Crippen MR) is 51.8 cm³/mol. The van der Waals surface area contributed by atoms with Crippen molar-refractivity contribution in [2.24, 2.45) is 0 Å². The van der Waals surface area contributed by atoms with Crippen molar-refractivity contribution in [1.29, 1.82) is 0 Å². The van der Waals surface area contributed by atoms with Crippen LogP contribution in [0.25, 0.3) is 0 Å². The summed E-state index contributed by atoms with van der Waals surface area (Å²) < 4.78 is 86.6. The summed E-state index contributed by atoms with van der Waals surface area (Å²) in [5.74, 6) is -6.01. The first-order chi connectivity index (χ1) is 7.46. The van der Waals surface area contributed by atoms with Crippen molar-refractivity contribution in [3.8, 4) is 0 Å². The Hall–Kier alpha value is 0.920. The maximum atomic E-state index is 13.2. The topological polar surface area (TPSA) is 9.23 Å². The predicted octanol–water partition coefficient (Wildman–Crippen LogP) is 5.29. The second-order valence-corrected chi connectivity index (χ2v) is 5.95. The zero-order valence-corrected chi connectivity index (χ0v) is 11.2. The molecule has 0 aromatic rings. The summed E-state index contributed by atoms with van der Waals surface area (Å²) in [6.07, 6.45) is -6.46. The molecule has 0 rings (SSSR count). The van der Waals surface area contributed by atoms with Gasteiger partial charge >= 0.3 is 22.7 Å². The molecule has 0 aliphatic heterocycles. The Kier molecular flexibility index (Phi) is 5.29. The van der Waals surface area contributed by atoms with E-state index >= 15 is 0 Å². The van der Waals surface area contributed by atoms with Gasteiger partial charge in [-0.25, -0.2) is 0 Å². The van der Waals surface area contributed by atoms with Crippen LogP contribution in [0.5, 0.6) is 0 Å². The number of hydrogen-bond donors (Lipinski definition) is 0. The van der Waals surface area contributed by atoms with Crippen LogP contribution in [0.3, 0.4) is 0 Å². The maximum absolute atomic E-state index is 13.2. The molecule has 0 N–H and O–H groups in total. The second kappa shape index (κ2) is 5.04. The van der Waals surface area contributed by atoms with Gasteiger partial charge < -0.3 is 0 Å². The minimum absolute atomic E-state index is 2.75. The van der Waals surface area contributed by atoms with E-state index in [1.54, 1.807) is 0 Å². The molecule has 18 heavy (non-hydrogen) atoms. The summed E-state index contributed by atoms with van der Waals surface area (Å²) in [5, 5.41) is -10.3. The van der Waals surface area contributed by atoms with Crippen LogP contribution in [-0.4, -0.2) is 26.5 Å². The molecular formula is C5Cl5F7O. The van der Waals surface area contributed by atoms with Gasteiger partial charge in [0.05, 0.1) is 0 Å². The van der Waals surface area contributed by atoms with Crippen LogP contribution < -0.4 is 0 Å². The third-order valence-corrected chi connectivity index (χ3v) is 2.95. The van der Waals surface area contributed by atoms with Crippen LogP contribution in [0.2, 0.25) is 0 Å². The van der Waals surface area contributed by atoms with Crippen LogP contribution in [0.1, 0.15) is 0 Å². The highest BCUT2D eigenvalue weighted by atomic mass is 35.6. The molecule has 0 amide bonds. The Morgan fingerprint density at radius 3 is 1.17 bits per heavy atom. The molecule has 1 nitrogen and oxygen atoms in total. The standard InChI is InChI=1S/C5Cl5F7O/c6-2(7,8)4(10,14)18-1(11,3(9,12)13)5(15,16)17. The summed E-state index contributed by atoms with van der Waals surface area (Å²) in [6, 6.07) is 0. The highest BCUT2D eigenvalue weighted by molar-refractivity contribution is 6.70. The molecule has 110 valence electrons. The van der Waals surface area contributed by atoms with Gasteiger partial charge in [0.25, 0.3) is 3.79 Å². The Morgan fingerprint density at radius 2 is 1.00 bits per heavy atom. The van der Waals surface area contributed by atoms with Gasteiger partial charge in [0.15, 0.2) is 0 Å². The second-order valence-electron chi connectivity index (χ2n) is 2.71. The summed E-state index contributed by atoms with van der Waals surface area (Å²) in [6.45, 7) is 0. The van der Waals surface area contributed by atoms with Gasteiger partial charge in [-0.1, -0.05) is 34.8 Å². The van der Waals surface area contributed by atoms with Gasteiger partial charge in [0.2, 0.25) is 0 Å².